The molecular weight excluding hydrogens is 237 g/mol. The maximum atomic E-state index is 9.03. The normalized spacial score (nSPS) is 14.5. The summed E-state index contributed by atoms with van der Waals surface area (Å²) in [4.78, 5) is 9.03. The predicted molar refractivity (Wildman–Crippen MR) is 69.8 cm³/mol. The highest BCUT2D eigenvalue weighted by Crippen LogP contribution is 2.47. The Balaban J connectivity index is 0. The number of rotatable bonds is 8. The van der Waals surface area contributed by atoms with Crippen molar-refractivity contribution < 1.29 is 9.42 Å². The molecule has 0 fully saturated rings. The molecule has 0 aromatic rings. The minimum atomic E-state index is -2.70. The summed E-state index contributed by atoms with van der Waals surface area (Å²) in [5.74, 6) is 0. The third-order valence-electron chi connectivity index (χ3n) is 1.76. The number of hydrogen-bond acceptors (Lipinski definition) is 3. The zero-order valence-electron chi connectivity index (χ0n) is 8.81. The summed E-state index contributed by atoms with van der Waals surface area (Å²) >= 11 is 8.39. The van der Waals surface area contributed by atoms with Gasteiger partial charge in [-0.2, -0.15) is 0 Å². The van der Waals surface area contributed by atoms with Crippen LogP contribution in [0.5, 0.6) is 0 Å². The summed E-state index contributed by atoms with van der Waals surface area (Å²) in [6, 6.07) is 0. The van der Waals surface area contributed by atoms with E-state index in [0.29, 0.717) is 6.61 Å². The first-order valence-electron chi connectivity index (χ1n) is 4.76. The molecule has 0 saturated heterocycles. The lowest BCUT2D eigenvalue weighted by atomic mass is 10.1. The van der Waals surface area contributed by atoms with Crippen molar-refractivity contribution in [3.63, 3.8) is 0 Å². The minimum absolute atomic E-state index is 0. The van der Waals surface area contributed by atoms with Crippen molar-refractivity contribution in [3.8, 4) is 0 Å². The van der Waals surface area contributed by atoms with E-state index in [-0.39, 0.29) is 6.15 Å². The van der Waals surface area contributed by atoms with Gasteiger partial charge in [0, 0.05) is 0 Å². The molecule has 4 N–H and O–H groups in total. The van der Waals surface area contributed by atoms with Crippen molar-refractivity contribution in [1.82, 2.24) is 6.15 Å². The molecule has 0 rings (SSSR count). The van der Waals surface area contributed by atoms with Gasteiger partial charge in [0.15, 0.2) is 0 Å². The Morgan fingerprint density at radius 1 is 1.21 bits per heavy atom. The van der Waals surface area contributed by atoms with Crippen molar-refractivity contribution in [2.24, 2.45) is 0 Å². The Bertz CT molecular complexity index is 163. The van der Waals surface area contributed by atoms with E-state index in [0.717, 1.165) is 12.8 Å². The first-order chi connectivity index (χ1) is 6.06. The van der Waals surface area contributed by atoms with E-state index in [1.165, 1.54) is 25.7 Å². The molecule has 0 bridgehead atoms. The van der Waals surface area contributed by atoms with Crippen LogP contribution in [0.15, 0.2) is 0 Å². The molecule has 0 heterocycles. The lowest BCUT2D eigenvalue weighted by molar-refractivity contribution is 0.308. The third-order valence-corrected chi connectivity index (χ3v) is 2.94. The summed E-state index contributed by atoms with van der Waals surface area (Å²) in [6.45, 7) is 2.75. The van der Waals surface area contributed by atoms with Gasteiger partial charge >= 0.3 is 0 Å². The fourth-order valence-electron chi connectivity index (χ4n) is 1.07. The van der Waals surface area contributed by atoms with E-state index in [2.05, 4.69) is 31.0 Å². The van der Waals surface area contributed by atoms with Gasteiger partial charge in [0.25, 0.3) is 0 Å². The maximum absolute atomic E-state index is 9.03. The Morgan fingerprint density at radius 2 is 1.71 bits per heavy atom. The molecule has 0 spiro atoms. The zero-order chi connectivity index (χ0) is 10.2. The molecule has 0 saturated carbocycles. The second-order valence-electron chi connectivity index (χ2n) is 3.09. The SMILES string of the molecule is CCCCCCCCOP(O)(=S)S.N. The fraction of sp³-hybridized carbons (Fsp3) is 1.00. The van der Waals surface area contributed by atoms with Gasteiger partial charge in [-0.15, -0.1) is 0 Å². The average Bonchev–Trinajstić information content (AvgIpc) is 2.01. The highest BCUT2D eigenvalue weighted by atomic mass is 32.9. The summed E-state index contributed by atoms with van der Waals surface area (Å²) in [5.41, 5.74) is -2.70. The van der Waals surface area contributed by atoms with Crippen LogP contribution in [-0.4, -0.2) is 11.5 Å². The minimum Gasteiger partial charge on any atom is -0.344 e. The summed E-state index contributed by atoms with van der Waals surface area (Å²) in [5, 5.41) is 0. The van der Waals surface area contributed by atoms with E-state index in [1.54, 1.807) is 0 Å². The van der Waals surface area contributed by atoms with Crippen molar-refractivity contribution in [1.29, 1.82) is 0 Å². The molecule has 0 aliphatic heterocycles. The Morgan fingerprint density at radius 3 is 2.21 bits per heavy atom. The summed E-state index contributed by atoms with van der Waals surface area (Å²) in [6.07, 6.45) is 7.26. The van der Waals surface area contributed by atoms with Gasteiger partial charge in [-0.1, -0.05) is 51.3 Å². The van der Waals surface area contributed by atoms with Gasteiger partial charge in [0.2, 0.25) is 5.69 Å². The van der Waals surface area contributed by atoms with Gasteiger partial charge in [0.1, 0.15) is 0 Å². The van der Waals surface area contributed by atoms with Crippen LogP contribution in [-0.2, 0) is 16.3 Å². The van der Waals surface area contributed by atoms with Crippen molar-refractivity contribution in [3.05, 3.63) is 0 Å². The van der Waals surface area contributed by atoms with Crippen molar-refractivity contribution in [2.75, 3.05) is 6.61 Å². The van der Waals surface area contributed by atoms with Crippen LogP contribution in [0.25, 0.3) is 0 Å². The third kappa shape index (κ3) is 15.4. The van der Waals surface area contributed by atoms with Crippen LogP contribution in [0, 0.1) is 0 Å². The molecular formula is C8H22NO2PS2. The first-order valence-corrected chi connectivity index (χ1v) is 8.59. The van der Waals surface area contributed by atoms with Gasteiger partial charge in [-0.3, -0.25) is 0 Å². The maximum Gasteiger partial charge on any atom is 0.241 e. The lowest BCUT2D eigenvalue weighted by Crippen LogP contribution is -1.89. The van der Waals surface area contributed by atoms with Gasteiger partial charge in [-0.25, -0.2) is 0 Å². The van der Waals surface area contributed by atoms with E-state index in [9.17, 15) is 0 Å². The van der Waals surface area contributed by atoms with E-state index in [4.69, 9.17) is 9.42 Å². The average molecular weight is 259 g/mol. The topological polar surface area (TPSA) is 64.5 Å². The molecule has 0 amide bonds. The Hall–Kier alpha value is 0.880. The van der Waals surface area contributed by atoms with Gasteiger partial charge in [0.05, 0.1) is 6.61 Å². The number of hydrogen-bond donors (Lipinski definition) is 3. The molecule has 3 nitrogen and oxygen atoms in total. The summed E-state index contributed by atoms with van der Waals surface area (Å²) < 4.78 is 4.98. The lowest BCUT2D eigenvalue weighted by Gasteiger charge is -2.08. The molecule has 1 atom stereocenters. The largest absolute Gasteiger partial charge is 0.344 e. The van der Waals surface area contributed by atoms with Crippen LogP contribution in [0.4, 0.5) is 0 Å². The summed E-state index contributed by atoms with van der Waals surface area (Å²) in [7, 11) is 0. The van der Waals surface area contributed by atoms with Crippen LogP contribution in [0.1, 0.15) is 45.4 Å². The molecule has 0 aromatic carbocycles. The molecule has 1 unspecified atom stereocenters. The molecule has 0 aromatic heterocycles. The molecule has 0 aliphatic carbocycles. The van der Waals surface area contributed by atoms with Crippen LogP contribution in [0.3, 0.4) is 0 Å². The highest BCUT2D eigenvalue weighted by Gasteiger charge is 2.04. The van der Waals surface area contributed by atoms with E-state index >= 15 is 0 Å². The molecule has 14 heavy (non-hydrogen) atoms. The standard InChI is InChI=1S/C8H19O2PS2.H3N/c1-2-3-4-5-6-7-8-10-11(9,12)13;/h2-8H2,1H3,(H2,9,12,13);1H3. The smallest absolute Gasteiger partial charge is 0.241 e. The van der Waals surface area contributed by atoms with Crippen LogP contribution >= 0.6 is 17.9 Å². The predicted octanol–water partition coefficient (Wildman–Crippen LogP) is 3.67. The number of thiol groups is 1. The molecule has 0 aliphatic rings. The Kier molecular flexibility index (Phi) is 12.8. The quantitative estimate of drug-likeness (QED) is 0.353. The van der Waals surface area contributed by atoms with Gasteiger partial charge in [-0.05, 0) is 18.2 Å². The van der Waals surface area contributed by atoms with Crippen molar-refractivity contribution in [2.45, 2.75) is 45.4 Å². The Labute approximate surface area is 97.5 Å². The molecule has 88 valence electrons. The monoisotopic (exact) mass is 259 g/mol. The molecule has 0 radical (unpaired) electrons. The van der Waals surface area contributed by atoms with Crippen molar-refractivity contribution >= 4 is 29.7 Å². The van der Waals surface area contributed by atoms with E-state index < -0.39 is 5.69 Å². The molecule has 6 heteroatoms. The second kappa shape index (κ2) is 10.4. The zero-order valence-corrected chi connectivity index (χ0v) is 11.4. The first kappa shape index (κ1) is 17.3. The second-order valence-corrected chi connectivity index (χ2v) is 8.25. The highest BCUT2D eigenvalue weighted by molar-refractivity contribution is 8.59. The van der Waals surface area contributed by atoms with Crippen LogP contribution < -0.4 is 6.15 Å². The number of unbranched alkanes of at least 4 members (excludes halogenated alkanes) is 5. The van der Waals surface area contributed by atoms with Gasteiger partial charge < -0.3 is 15.6 Å². The van der Waals surface area contributed by atoms with E-state index in [1.807, 2.05) is 0 Å². The fourth-order valence-corrected chi connectivity index (χ4v) is 1.90. The van der Waals surface area contributed by atoms with Crippen LogP contribution in [0.2, 0.25) is 0 Å².